The molecule has 1 atom stereocenters. The van der Waals surface area contributed by atoms with Gasteiger partial charge in [-0.3, -0.25) is 14.4 Å². The van der Waals surface area contributed by atoms with Crippen molar-refractivity contribution in [3.63, 3.8) is 0 Å². The van der Waals surface area contributed by atoms with Gasteiger partial charge in [0.1, 0.15) is 13.2 Å². The molecule has 0 N–H and O–H groups in total. The Labute approximate surface area is 479 Å². The predicted molar refractivity (Wildman–Crippen MR) is 335 cm³/mol. The van der Waals surface area contributed by atoms with Crippen LogP contribution < -0.4 is 0 Å². The molecule has 0 aromatic rings. The molecule has 0 aromatic carbocycles. The molecule has 0 aromatic heterocycles. The molecule has 6 nitrogen and oxygen atoms in total. The van der Waals surface area contributed by atoms with Crippen molar-refractivity contribution in [1.29, 1.82) is 0 Å². The summed E-state index contributed by atoms with van der Waals surface area (Å²) in [4.78, 5) is 38.4. The molecule has 0 aliphatic carbocycles. The summed E-state index contributed by atoms with van der Waals surface area (Å²) in [5.41, 5.74) is 0. The zero-order chi connectivity index (χ0) is 55.7. The molecule has 0 bridgehead atoms. The Balaban J connectivity index is 4.32. The van der Waals surface area contributed by atoms with Crippen LogP contribution in [0.3, 0.4) is 0 Å². The number of carbonyl (C=O) groups excluding carboxylic acids is 3. The average molecular weight is 1080 g/mol. The van der Waals surface area contributed by atoms with Gasteiger partial charge >= 0.3 is 17.9 Å². The van der Waals surface area contributed by atoms with E-state index in [0.717, 1.165) is 89.9 Å². The van der Waals surface area contributed by atoms with Crippen molar-refractivity contribution in [1.82, 2.24) is 0 Å². The summed E-state index contributed by atoms with van der Waals surface area (Å²) >= 11 is 0. The lowest BCUT2D eigenvalue weighted by Gasteiger charge is -2.18. The highest BCUT2D eigenvalue weighted by Crippen LogP contribution is 2.17. The van der Waals surface area contributed by atoms with Crippen LogP contribution in [-0.4, -0.2) is 37.2 Å². The van der Waals surface area contributed by atoms with Gasteiger partial charge in [0.2, 0.25) is 0 Å². The number of hydrogen-bond donors (Lipinski definition) is 0. The van der Waals surface area contributed by atoms with E-state index in [4.69, 9.17) is 14.2 Å². The minimum atomic E-state index is -0.785. The summed E-state index contributed by atoms with van der Waals surface area (Å²) in [5.74, 6) is -0.883. The van der Waals surface area contributed by atoms with Gasteiger partial charge in [-0.2, -0.15) is 0 Å². The molecule has 0 saturated carbocycles. The van der Waals surface area contributed by atoms with Gasteiger partial charge in [0.15, 0.2) is 6.10 Å². The van der Waals surface area contributed by atoms with Crippen LogP contribution in [0.4, 0.5) is 0 Å². The quantitative estimate of drug-likeness (QED) is 0.0261. The number of unbranched alkanes of at least 4 members (excludes halogenated alkanes) is 41. The van der Waals surface area contributed by atoms with Crippen LogP contribution in [0, 0.1) is 0 Å². The standard InChI is InChI=1S/C71H128O6/c1-4-7-10-13-16-19-22-25-28-31-33-34-35-36-37-38-39-41-43-46-49-52-55-58-61-64-70(73)76-67-68(66-75-69(72)63-60-57-54-51-48-45-42-30-27-24-21-18-15-12-9-6-3)77-71(74)65-62-59-56-53-50-47-44-40-32-29-26-23-20-17-14-11-8-5-2/h20-21,23-24,29-33,42,68H,4-19,22,25-28,34-41,43-67H2,1-3H3/b23-20-,24-21-,32-29-,33-31-,42-30-. The van der Waals surface area contributed by atoms with Crippen molar-refractivity contribution in [2.24, 2.45) is 0 Å². The summed E-state index contributed by atoms with van der Waals surface area (Å²) in [6.45, 7) is 6.64. The van der Waals surface area contributed by atoms with Crippen LogP contribution in [0.2, 0.25) is 0 Å². The molecular formula is C71H128O6. The van der Waals surface area contributed by atoms with Crippen LogP contribution in [0.5, 0.6) is 0 Å². The second-order valence-electron chi connectivity index (χ2n) is 22.7. The number of esters is 3. The van der Waals surface area contributed by atoms with Crippen molar-refractivity contribution in [3.05, 3.63) is 60.8 Å². The molecule has 0 aliphatic heterocycles. The van der Waals surface area contributed by atoms with Gasteiger partial charge in [-0.05, 0) is 109 Å². The summed E-state index contributed by atoms with van der Waals surface area (Å²) < 4.78 is 17.0. The molecule has 448 valence electrons. The van der Waals surface area contributed by atoms with Gasteiger partial charge in [-0.15, -0.1) is 0 Å². The average Bonchev–Trinajstić information content (AvgIpc) is 3.43. The van der Waals surface area contributed by atoms with Gasteiger partial charge in [0, 0.05) is 19.3 Å². The Kier molecular flexibility index (Phi) is 63.2. The molecule has 0 aliphatic rings. The van der Waals surface area contributed by atoms with E-state index in [1.165, 1.54) is 225 Å². The predicted octanol–water partition coefficient (Wildman–Crippen LogP) is 23.1. The lowest BCUT2D eigenvalue weighted by molar-refractivity contribution is -0.167. The van der Waals surface area contributed by atoms with E-state index in [-0.39, 0.29) is 31.1 Å². The summed E-state index contributed by atoms with van der Waals surface area (Å²) in [7, 11) is 0. The molecular weight excluding hydrogens is 949 g/mol. The fourth-order valence-electron chi connectivity index (χ4n) is 9.85. The van der Waals surface area contributed by atoms with Crippen molar-refractivity contribution in [3.8, 4) is 0 Å². The summed E-state index contributed by atoms with van der Waals surface area (Å²) in [6.07, 6.45) is 83.7. The van der Waals surface area contributed by atoms with Crippen LogP contribution in [0.15, 0.2) is 60.8 Å². The first-order valence-corrected chi connectivity index (χ1v) is 33.8. The number of rotatable bonds is 62. The highest BCUT2D eigenvalue weighted by molar-refractivity contribution is 5.71. The van der Waals surface area contributed by atoms with E-state index in [1.807, 2.05) is 0 Å². The molecule has 0 saturated heterocycles. The van der Waals surface area contributed by atoms with E-state index in [2.05, 4.69) is 81.5 Å². The van der Waals surface area contributed by atoms with E-state index < -0.39 is 6.10 Å². The largest absolute Gasteiger partial charge is 0.462 e. The minimum Gasteiger partial charge on any atom is -0.462 e. The number of hydrogen-bond acceptors (Lipinski definition) is 6. The lowest BCUT2D eigenvalue weighted by Crippen LogP contribution is -2.30. The maximum Gasteiger partial charge on any atom is 0.306 e. The SMILES string of the molecule is CCCCCC/C=C\C/C=C\CCCCCCCCCC(=O)OC(COC(=O)CCCCCCC/C=C\C/C=C\CCCCCC)COC(=O)CCCCCCCCCCCCCCC/C=C\CCCCCCCCCC. The molecule has 1 unspecified atom stereocenters. The van der Waals surface area contributed by atoms with Gasteiger partial charge < -0.3 is 14.2 Å². The van der Waals surface area contributed by atoms with Crippen molar-refractivity contribution >= 4 is 17.9 Å². The van der Waals surface area contributed by atoms with Crippen LogP contribution in [0.25, 0.3) is 0 Å². The first-order valence-electron chi connectivity index (χ1n) is 33.8. The topological polar surface area (TPSA) is 78.9 Å². The molecule has 0 fully saturated rings. The third-order valence-electron chi connectivity index (χ3n) is 15.0. The summed E-state index contributed by atoms with van der Waals surface area (Å²) in [6, 6.07) is 0. The fourth-order valence-corrected chi connectivity index (χ4v) is 9.85. The van der Waals surface area contributed by atoms with E-state index in [1.54, 1.807) is 0 Å². The Hall–Kier alpha value is -2.89. The zero-order valence-electron chi connectivity index (χ0n) is 51.5. The van der Waals surface area contributed by atoms with Crippen molar-refractivity contribution in [2.45, 2.75) is 361 Å². The second-order valence-corrected chi connectivity index (χ2v) is 22.7. The zero-order valence-corrected chi connectivity index (χ0v) is 51.5. The smallest absolute Gasteiger partial charge is 0.306 e. The van der Waals surface area contributed by atoms with Crippen LogP contribution in [0.1, 0.15) is 355 Å². The van der Waals surface area contributed by atoms with E-state index >= 15 is 0 Å². The number of allylic oxidation sites excluding steroid dienone is 10. The highest BCUT2D eigenvalue weighted by Gasteiger charge is 2.19. The maximum absolute atomic E-state index is 12.9. The normalized spacial score (nSPS) is 12.4. The number of ether oxygens (including phenoxy) is 3. The maximum atomic E-state index is 12.9. The minimum absolute atomic E-state index is 0.0799. The first-order chi connectivity index (χ1) is 38.0. The Morgan fingerprint density at radius 2 is 0.468 bits per heavy atom. The van der Waals surface area contributed by atoms with Gasteiger partial charge in [0.25, 0.3) is 0 Å². The fraction of sp³-hybridized carbons (Fsp3) is 0.817. The van der Waals surface area contributed by atoms with Gasteiger partial charge in [-0.1, -0.05) is 287 Å². The molecule has 0 radical (unpaired) electrons. The van der Waals surface area contributed by atoms with Crippen LogP contribution in [-0.2, 0) is 28.6 Å². The molecule has 0 spiro atoms. The van der Waals surface area contributed by atoms with Gasteiger partial charge in [0.05, 0.1) is 0 Å². The van der Waals surface area contributed by atoms with Crippen molar-refractivity contribution < 1.29 is 28.6 Å². The molecule has 6 heteroatoms. The second kappa shape index (κ2) is 65.6. The lowest BCUT2D eigenvalue weighted by atomic mass is 10.0. The highest BCUT2D eigenvalue weighted by atomic mass is 16.6. The Morgan fingerprint density at radius 1 is 0.260 bits per heavy atom. The molecule has 0 rings (SSSR count). The Morgan fingerprint density at radius 3 is 0.740 bits per heavy atom. The monoisotopic (exact) mass is 1080 g/mol. The third kappa shape index (κ3) is 63.8. The van der Waals surface area contributed by atoms with Gasteiger partial charge in [-0.25, -0.2) is 0 Å². The number of carbonyl (C=O) groups is 3. The first kappa shape index (κ1) is 74.1. The molecule has 0 amide bonds. The summed E-state index contributed by atoms with van der Waals surface area (Å²) in [5, 5.41) is 0. The third-order valence-corrected chi connectivity index (χ3v) is 15.0. The van der Waals surface area contributed by atoms with E-state index in [0.29, 0.717) is 19.3 Å². The van der Waals surface area contributed by atoms with Crippen molar-refractivity contribution in [2.75, 3.05) is 13.2 Å². The molecule has 77 heavy (non-hydrogen) atoms. The Bertz CT molecular complexity index is 1380. The van der Waals surface area contributed by atoms with Crippen LogP contribution >= 0.6 is 0 Å². The molecule has 0 heterocycles. The van der Waals surface area contributed by atoms with E-state index in [9.17, 15) is 14.4 Å².